The highest BCUT2D eigenvalue weighted by Crippen LogP contribution is 2.39. The smallest absolute Gasteiger partial charge is 0.269 e. The van der Waals surface area contributed by atoms with Gasteiger partial charge in [-0.3, -0.25) is 30.3 Å². The Kier molecular flexibility index (Phi) is 5.92. The van der Waals surface area contributed by atoms with Gasteiger partial charge in [0.15, 0.2) is 5.13 Å². The van der Waals surface area contributed by atoms with Crippen molar-refractivity contribution in [2.45, 2.75) is 6.92 Å². The van der Waals surface area contributed by atoms with Gasteiger partial charge in [-0.1, -0.05) is 41.2 Å². The van der Waals surface area contributed by atoms with Crippen LogP contribution < -0.4 is 5.32 Å². The van der Waals surface area contributed by atoms with Gasteiger partial charge in [-0.05, 0) is 36.8 Å². The lowest BCUT2D eigenvalue weighted by atomic mass is 10.1. The van der Waals surface area contributed by atoms with Crippen LogP contribution in [0, 0.1) is 27.2 Å². The number of rotatable bonds is 6. The first-order valence-electron chi connectivity index (χ1n) is 9.70. The lowest BCUT2D eigenvalue weighted by Crippen LogP contribution is -2.11. The third kappa shape index (κ3) is 4.75. The predicted molar refractivity (Wildman–Crippen MR) is 125 cm³/mol. The third-order valence-electron chi connectivity index (χ3n) is 4.85. The standard InChI is InChI=1S/C23H16N4O5S/c1-14-2-4-16(5-3-14)21-20(15-6-10-18(11-7-15)26(29)30)24-23(33-21)25-22(28)17-8-12-19(13-9-17)27(31)32/h2-13H,1H3,(H,24,25,28). The Labute approximate surface area is 191 Å². The van der Waals surface area contributed by atoms with Crippen molar-refractivity contribution in [1.29, 1.82) is 0 Å². The molecule has 0 saturated carbocycles. The van der Waals surface area contributed by atoms with E-state index in [9.17, 15) is 25.0 Å². The molecular formula is C23H16N4O5S. The van der Waals surface area contributed by atoms with E-state index in [2.05, 4.69) is 10.3 Å². The first-order chi connectivity index (χ1) is 15.8. The second kappa shape index (κ2) is 8.97. The summed E-state index contributed by atoms with van der Waals surface area (Å²) in [7, 11) is 0. The highest BCUT2D eigenvalue weighted by molar-refractivity contribution is 7.19. The molecule has 3 aromatic carbocycles. The third-order valence-corrected chi connectivity index (χ3v) is 5.87. The molecule has 4 aromatic rings. The Morgan fingerprint density at radius 1 is 0.818 bits per heavy atom. The number of carbonyl (C=O) groups is 1. The normalized spacial score (nSPS) is 10.6. The number of carbonyl (C=O) groups excluding carboxylic acids is 1. The van der Waals surface area contributed by atoms with E-state index >= 15 is 0 Å². The topological polar surface area (TPSA) is 128 Å². The number of non-ortho nitro benzene ring substituents is 2. The molecule has 33 heavy (non-hydrogen) atoms. The maximum atomic E-state index is 12.7. The van der Waals surface area contributed by atoms with Crippen molar-refractivity contribution in [3.05, 3.63) is 104 Å². The zero-order chi connectivity index (χ0) is 23.5. The number of aryl methyl sites for hydroxylation is 1. The Hall–Kier alpha value is -4.44. The summed E-state index contributed by atoms with van der Waals surface area (Å²) >= 11 is 1.27. The number of amides is 1. The van der Waals surface area contributed by atoms with E-state index in [4.69, 9.17) is 0 Å². The maximum absolute atomic E-state index is 12.7. The fraction of sp³-hybridized carbons (Fsp3) is 0.0435. The van der Waals surface area contributed by atoms with Gasteiger partial charge in [0.2, 0.25) is 0 Å². The molecule has 10 heteroatoms. The minimum atomic E-state index is -0.535. The summed E-state index contributed by atoms with van der Waals surface area (Å²) in [6.07, 6.45) is 0. The number of aromatic nitrogens is 1. The average Bonchev–Trinajstić information content (AvgIpc) is 3.23. The largest absolute Gasteiger partial charge is 0.298 e. The minimum absolute atomic E-state index is 0.0300. The van der Waals surface area contributed by atoms with Gasteiger partial charge in [-0.15, -0.1) is 0 Å². The van der Waals surface area contributed by atoms with Gasteiger partial charge in [0.1, 0.15) is 0 Å². The first kappa shape index (κ1) is 21.8. The zero-order valence-corrected chi connectivity index (χ0v) is 18.0. The zero-order valence-electron chi connectivity index (χ0n) is 17.2. The van der Waals surface area contributed by atoms with Crippen molar-refractivity contribution in [2.24, 2.45) is 0 Å². The summed E-state index contributed by atoms with van der Waals surface area (Å²) in [5.74, 6) is -0.454. The van der Waals surface area contributed by atoms with E-state index < -0.39 is 15.8 Å². The molecule has 0 aliphatic carbocycles. The maximum Gasteiger partial charge on any atom is 0.269 e. The summed E-state index contributed by atoms with van der Waals surface area (Å²) in [5, 5.41) is 24.9. The number of nitro groups is 2. The lowest BCUT2D eigenvalue weighted by Gasteiger charge is -2.03. The number of thiazole rings is 1. The number of nitrogens with zero attached hydrogens (tertiary/aromatic N) is 3. The fourth-order valence-corrected chi connectivity index (χ4v) is 4.10. The molecular weight excluding hydrogens is 444 g/mol. The van der Waals surface area contributed by atoms with Crippen LogP contribution in [0.5, 0.6) is 0 Å². The van der Waals surface area contributed by atoms with Crippen LogP contribution in [0.25, 0.3) is 21.7 Å². The Morgan fingerprint density at radius 2 is 1.33 bits per heavy atom. The van der Waals surface area contributed by atoms with Crippen molar-refractivity contribution in [3.8, 4) is 21.7 Å². The van der Waals surface area contributed by atoms with E-state index in [-0.39, 0.29) is 16.9 Å². The Morgan fingerprint density at radius 3 is 1.88 bits per heavy atom. The van der Waals surface area contributed by atoms with Crippen molar-refractivity contribution < 1.29 is 14.6 Å². The van der Waals surface area contributed by atoms with E-state index in [0.29, 0.717) is 16.4 Å². The van der Waals surface area contributed by atoms with Crippen molar-refractivity contribution in [3.63, 3.8) is 0 Å². The molecule has 1 amide bonds. The highest BCUT2D eigenvalue weighted by atomic mass is 32.1. The number of benzene rings is 3. The van der Waals surface area contributed by atoms with Gasteiger partial charge in [0.25, 0.3) is 17.3 Å². The molecule has 0 aliphatic rings. The quantitative estimate of drug-likeness (QED) is 0.284. The fourth-order valence-electron chi connectivity index (χ4n) is 3.11. The summed E-state index contributed by atoms with van der Waals surface area (Å²) in [6.45, 7) is 1.98. The van der Waals surface area contributed by atoms with Crippen LogP contribution >= 0.6 is 11.3 Å². The molecule has 1 aromatic heterocycles. The molecule has 1 N–H and O–H groups in total. The monoisotopic (exact) mass is 460 g/mol. The van der Waals surface area contributed by atoms with E-state index in [1.165, 1.54) is 47.7 Å². The Balaban J connectivity index is 1.69. The van der Waals surface area contributed by atoms with Gasteiger partial charge >= 0.3 is 0 Å². The Bertz CT molecular complexity index is 1350. The van der Waals surface area contributed by atoms with Crippen LogP contribution in [0.3, 0.4) is 0 Å². The molecule has 0 radical (unpaired) electrons. The van der Waals surface area contributed by atoms with E-state index in [1.54, 1.807) is 12.1 Å². The molecule has 1 heterocycles. The molecule has 0 atom stereocenters. The number of hydrogen-bond acceptors (Lipinski definition) is 7. The number of hydrogen-bond donors (Lipinski definition) is 1. The van der Waals surface area contributed by atoms with Crippen LogP contribution in [-0.4, -0.2) is 20.7 Å². The van der Waals surface area contributed by atoms with Crippen LogP contribution in [-0.2, 0) is 0 Å². The van der Waals surface area contributed by atoms with Gasteiger partial charge in [0.05, 0.1) is 20.4 Å². The molecule has 0 unspecified atom stereocenters. The van der Waals surface area contributed by atoms with Crippen molar-refractivity contribution in [2.75, 3.05) is 5.32 Å². The highest BCUT2D eigenvalue weighted by Gasteiger charge is 2.18. The second-order valence-electron chi connectivity index (χ2n) is 7.12. The molecule has 9 nitrogen and oxygen atoms in total. The molecule has 0 aliphatic heterocycles. The van der Waals surface area contributed by atoms with E-state index in [1.807, 2.05) is 31.2 Å². The molecule has 0 saturated heterocycles. The van der Waals surface area contributed by atoms with Crippen LogP contribution in [0.2, 0.25) is 0 Å². The SMILES string of the molecule is Cc1ccc(-c2sc(NC(=O)c3ccc([N+](=O)[O-])cc3)nc2-c2ccc([N+](=O)[O-])cc2)cc1. The summed E-state index contributed by atoms with van der Waals surface area (Å²) in [4.78, 5) is 38.8. The number of anilines is 1. The van der Waals surface area contributed by atoms with Crippen LogP contribution in [0.1, 0.15) is 15.9 Å². The van der Waals surface area contributed by atoms with Crippen LogP contribution in [0.15, 0.2) is 72.8 Å². The first-order valence-corrected chi connectivity index (χ1v) is 10.5. The predicted octanol–water partition coefficient (Wildman–Crippen LogP) is 5.85. The van der Waals surface area contributed by atoms with Gasteiger partial charge in [-0.25, -0.2) is 4.98 Å². The summed E-state index contributed by atoms with van der Waals surface area (Å²) < 4.78 is 0. The molecule has 0 bridgehead atoms. The molecule has 0 fully saturated rings. The summed E-state index contributed by atoms with van der Waals surface area (Å²) in [6, 6.07) is 19.1. The van der Waals surface area contributed by atoms with Crippen LogP contribution in [0.4, 0.5) is 16.5 Å². The minimum Gasteiger partial charge on any atom is -0.298 e. The second-order valence-corrected chi connectivity index (χ2v) is 8.12. The number of nitro benzene ring substituents is 2. The lowest BCUT2D eigenvalue weighted by molar-refractivity contribution is -0.385. The van der Waals surface area contributed by atoms with Gasteiger partial charge < -0.3 is 0 Å². The number of nitrogens with one attached hydrogen (secondary N) is 1. The summed E-state index contributed by atoms with van der Waals surface area (Å²) in [5.41, 5.74) is 3.35. The van der Waals surface area contributed by atoms with Crippen molar-refractivity contribution >= 4 is 33.8 Å². The average molecular weight is 460 g/mol. The molecule has 164 valence electrons. The molecule has 4 rings (SSSR count). The van der Waals surface area contributed by atoms with E-state index in [0.717, 1.165) is 16.0 Å². The van der Waals surface area contributed by atoms with Gasteiger partial charge in [-0.2, -0.15) is 0 Å². The molecule has 0 spiro atoms. The van der Waals surface area contributed by atoms with Crippen molar-refractivity contribution in [1.82, 2.24) is 4.98 Å². The van der Waals surface area contributed by atoms with Gasteiger partial charge in [0, 0.05) is 35.4 Å².